The molecule has 3 rings (SSSR count). The summed E-state index contributed by atoms with van der Waals surface area (Å²) < 4.78 is 1.85. The van der Waals surface area contributed by atoms with Crippen LogP contribution in [0.4, 0.5) is 5.69 Å². The predicted octanol–water partition coefficient (Wildman–Crippen LogP) is 4.01. The van der Waals surface area contributed by atoms with Crippen LogP contribution in [0.25, 0.3) is 10.9 Å². The molecule has 1 amide bonds. The summed E-state index contributed by atoms with van der Waals surface area (Å²) in [6.07, 6.45) is 1.86. The van der Waals surface area contributed by atoms with E-state index in [0.717, 1.165) is 23.1 Å². The molecule has 2 aromatic carbocycles. The summed E-state index contributed by atoms with van der Waals surface area (Å²) in [6, 6.07) is 13.4. The Morgan fingerprint density at radius 3 is 2.61 bits per heavy atom. The smallest absolute Gasteiger partial charge is 0.246 e. The van der Waals surface area contributed by atoms with E-state index in [-0.39, 0.29) is 25.0 Å². The number of carbonyl (C=O) groups excluding carboxylic acids is 1. The van der Waals surface area contributed by atoms with Crippen LogP contribution >= 0.6 is 23.2 Å². The second-order valence-electron chi connectivity index (χ2n) is 6.20. The van der Waals surface area contributed by atoms with Crippen molar-refractivity contribution in [3.63, 3.8) is 0 Å². The molecule has 0 aliphatic heterocycles. The van der Waals surface area contributed by atoms with E-state index in [4.69, 9.17) is 28.9 Å². The number of carbonyl (C=O) groups is 1. The van der Waals surface area contributed by atoms with Gasteiger partial charge in [-0.1, -0.05) is 41.4 Å². The molecule has 0 radical (unpaired) electrons. The van der Waals surface area contributed by atoms with Gasteiger partial charge in [0.2, 0.25) is 5.91 Å². The average Bonchev–Trinajstić information content (AvgIpc) is 3.04. The average molecular weight is 418 g/mol. The molecule has 0 atom stereocenters. The standard InChI is InChI=1S/C20H21Cl2N5O/c1-2-24-14-9-16(21)15(17(22)10-14)11-25-20(23)26-19(28)12-27-8-7-13-5-3-4-6-18(13)27/h3-10,24H,2,11-12H2,1H3,(H3,23,25,26,28). The first kappa shape index (κ1) is 20.0. The summed E-state index contributed by atoms with van der Waals surface area (Å²) >= 11 is 12.6. The number of amides is 1. The van der Waals surface area contributed by atoms with Crippen molar-refractivity contribution in [2.24, 2.45) is 10.7 Å². The van der Waals surface area contributed by atoms with Gasteiger partial charge in [0, 0.05) is 39.6 Å². The molecule has 0 unspecified atom stereocenters. The van der Waals surface area contributed by atoms with Gasteiger partial charge in [-0.05, 0) is 36.6 Å². The van der Waals surface area contributed by atoms with Crippen LogP contribution in [0.2, 0.25) is 10.0 Å². The number of fused-ring (bicyclic) bond motifs is 1. The lowest BCUT2D eigenvalue weighted by atomic mass is 10.2. The first-order valence-corrected chi connectivity index (χ1v) is 9.59. The van der Waals surface area contributed by atoms with E-state index < -0.39 is 0 Å². The Balaban J connectivity index is 1.63. The van der Waals surface area contributed by atoms with Crippen molar-refractivity contribution < 1.29 is 4.79 Å². The molecule has 28 heavy (non-hydrogen) atoms. The summed E-state index contributed by atoms with van der Waals surface area (Å²) in [5.41, 5.74) is 8.32. The quantitative estimate of drug-likeness (QED) is 0.418. The third-order valence-electron chi connectivity index (χ3n) is 4.19. The number of nitrogens with zero attached hydrogens (tertiary/aromatic N) is 2. The van der Waals surface area contributed by atoms with E-state index in [2.05, 4.69) is 15.6 Å². The van der Waals surface area contributed by atoms with Gasteiger partial charge >= 0.3 is 0 Å². The Hall–Kier alpha value is -2.70. The maximum atomic E-state index is 12.3. The number of hydrogen-bond acceptors (Lipinski definition) is 3. The third kappa shape index (κ3) is 4.77. The summed E-state index contributed by atoms with van der Waals surface area (Å²) in [4.78, 5) is 16.5. The van der Waals surface area contributed by atoms with Gasteiger partial charge in [0.1, 0.15) is 6.54 Å². The summed E-state index contributed by atoms with van der Waals surface area (Å²) in [5, 5.41) is 7.80. The van der Waals surface area contributed by atoms with Gasteiger partial charge in [0.25, 0.3) is 0 Å². The fraction of sp³-hybridized carbons (Fsp3) is 0.200. The summed E-state index contributed by atoms with van der Waals surface area (Å²) in [6.45, 7) is 3.06. The topological polar surface area (TPSA) is 84.4 Å². The SMILES string of the molecule is CCNc1cc(Cl)c(CN=C(N)NC(=O)Cn2ccc3ccccc32)c(Cl)c1. The molecule has 0 fully saturated rings. The van der Waals surface area contributed by atoms with E-state index in [0.29, 0.717) is 15.6 Å². The van der Waals surface area contributed by atoms with Crippen LogP contribution in [0.5, 0.6) is 0 Å². The van der Waals surface area contributed by atoms with Crippen LogP contribution in [-0.2, 0) is 17.9 Å². The number of aromatic nitrogens is 1. The van der Waals surface area contributed by atoms with Gasteiger partial charge in [-0.3, -0.25) is 10.1 Å². The van der Waals surface area contributed by atoms with E-state index in [1.54, 1.807) is 12.1 Å². The molecule has 3 aromatic rings. The van der Waals surface area contributed by atoms with E-state index in [1.165, 1.54) is 0 Å². The molecule has 4 N–H and O–H groups in total. The number of benzene rings is 2. The fourth-order valence-corrected chi connectivity index (χ4v) is 3.49. The largest absolute Gasteiger partial charge is 0.385 e. The van der Waals surface area contributed by atoms with Crippen molar-refractivity contribution in [3.8, 4) is 0 Å². The molecule has 1 aromatic heterocycles. The molecular formula is C20H21Cl2N5O. The molecule has 0 aliphatic rings. The zero-order chi connectivity index (χ0) is 20.1. The van der Waals surface area contributed by atoms with Crippen molar-refractivity contribution in [3.05, 3.63) is 64.3 Å². The number of anilines is 1. The van der Waals surface area contributed by atoms with Crippen LogP contribution < -0.4 is 16.4 Å². The zero-order valence-electron chi connectivity index (χ0n) is 15.4. The minimum Gasteiger partial charge on any atom is -0.385 e. The van der Waals surface area contributed by atoms with Crippen LogP contribution in [-0.4, -0.2) is 23.0 Å². The Morgan fingerprint density at radius 2 is 1.89 bits per heavy atom. The molecule has 0 aliphatic carbocycles. The molecule has 0 bridgehead atoms. The Bertz CT molecular complexity index is 1010. The number of para-hydroxylation sites is 1. The summed E-state index contributed by atoms with van der Waals surface area (Å²) in [7, 11) is 0. The highest BCUT2D eigenvalue weighted by molar-refractivity contribution is 6.36. The van der Waals surface area contributed by atoms with Crippen LogP contribution in [0.3, 0.4) is 0 Å². The predicted molar refractivity (Wildman–Crippen MR) is 116 cm³/mol. The molecule has 1 heterocycles. The molecule has 0 spiro atoms. The molecule has 8 heteroatoms. The highest BCUT2D eigenvalue weighted by atomic mass is 35.5. The fourth-order valence-electron chi connectivity index (χ4n) is 2.88. The van der Waals surface area contributed by atoms with Gasteiger partial charge in [0.05, 0.1) is 6.54 Å². The van der Waals surface area contributed by atoms with Gasteiger partial charge in [-0.15, -0.1) is 0 Å². The van der Waals surface area contributed by atoms with Crippen LogP contribution in [0.15, 0.2) is 53.7 Å². The van der Waals surface area contributed by atoms with Gasteiger partial charge in [-0.25, -0.2) is 4.99 Å². The minimum atomic E-state index is -0.262. The van der Waals surface area contributed by atoms with Crippen molar-refractivity contribution >= 4 is 51.7 Å². The molecular weight excluding hydrogens is 397 g/mol. The van der Waals surface area contributed by atoms with Crippen LogP contribution in [0.1, 0.15) is 12.5 Å². The van der Waals surface area contributed by atoms with E-state index in [1.807, 2.05) is 48.0 Å². The van der Waals surface area contributed by atoms with Crippen LogP contribution in [0, 0.1) is 0 Å². The summed E-state index contributed by atoms with van der Waals surface area (Å²) in [5.74, 6) is -0.244. The monoisotopic (exact) mass is 417 g/mol. The van der Waals surface area contributed by atoms with Gasteiger partial charge in [0.15, 0.2) is 5.96 Å². The molecule has 0 saturated carbocycles. The number of aliphatic imine (C=N–C) groups is 1. The Morgan fingerprint density at radius 1 is 1.18 bits per heavy atom. The second kappa shape index (κ2) is 8.99. The van der Waals surface area contributed by atoms with Crippen molar-refractivity contribution in [1.29, 1.82) is 0 Å². The third-order valence-corrected chi connectivity index (χ3v) is 4.87. The lowest BCUT2D eigenvalue weighted by molar-refractivity contribution is -0.120. The van der Waals surface area contributed by atoms with Crippen molar-refractivity contribution in [2.45, 2.75) is 20.0 Å². The van der Waals surface area contributed by atoms with E-state index >= 15 is 0 Å². The molecule has 146 valence electrons. The normalized spacial score (nSPS) is 11.6. The minimum absolute atomic E-state index is 0.0179. The number of guanidine groups is 1. The Kier molecular flexibility index (Phi) is 6.44. The maximum absolute atomic E-state index is 12.3. The number of nitrogens with two attached hydrogens (primary N) is 1. The van der Waals surface area contributed by atoms with Crippen molar-refractivity contribution in [2.75, 3.05) is 11.9 Å². The lowest BCUT2D eigenvalue weighted by Crippen LogP contribution is -2.38. The number of rotatable bonds is 6. The van der Waals surface area contributed by atoms with Gasteiger partial charge in [-0.2, -0.15) is 0 Å². The zero-order valence-corrected chi connectivity index (χ0v) is 16.9. The second-order valence-corrected chi connectivity index (χ2v) is 7.02. The van der Waals surface area contributed by atoms with Crippen molar-refractivity contribution in [1.82, 2.24) is 9.88 Å². The maximum Gasteiger partial charge on any atom is 0.246 e. The number of nitrogens with one attached hydrogen (secondary N) is 2. The van der Waals surface area contributed by atoms with E-state index in [9.17, 15) is 4.79 Å². The number of hydrogen-bond donors (Lipinski definition) is 3. The highest BCUT2D eigenvalue weighted by Gasteiger charge is 2.10. The molecule has 6 nitrogen and oxygen atoms in total. The highest BCUT2D eigenvalue weighted by Crippen LogP contribution is 2.29. The first-order valence-electron chi connectivity index (χ1n) is 8.83. The number of halogens is 2. The first-order chi connectivity index (χ1) is 13.5. The molecule has 0 saturated heterocycles. The lowest BCUT2D eigenvalue weighted by Gasteiger charge is -2.10. The van der Waals surface area contributed by atoms with Gasteiger partial charge < -0.3 is 15.6 Å². The Labute approximate surface area is 173 Å².